The Hall–Kier alpha value is -2.13. The van der Waals surface area contributed by atoms with Crippen LogP contribution in [-0.4, -0.2) is 16.6 Å². The predicted molar refractivity (Wildman–Crippen MR) is 82.8 cm³/mol. The average Bonchev–Trinajstić information content (AvgIpc) is 2.94. The zero-order valence-electron chi connectivity index (χ0n) is 11.9. The van der Waals surface area contributed by atoms with Gasteiger partial charge in [-0.3, -0.25) is 4.98 Å². The number of aromatic nitrogens is 2. The standard InChI is InChI=1S/C17H19N3/c1-13(18-2)17-6-4-10-20(17)12-14-7-8-16-15(11-14)5-3-9-19-16/h3-11,13,18H,12H2,1-2H3. The van der Waals surface area contributed by atoms with Gasteiger partial charge in [-0.05, 0) is 49.9 Å². The average molecular weight is 265 g/mol. The molecule has 1 N–H and O–H groups in total. The summed E-state index contributed by atoms with van der Waals surface area (Å²) in [4.78, 5) is 4.36. The van der Waals surface area contributed by atoms with Crippen LogP contribution in [0.25, 0.3) is 10.9 Å². The van der Waals surface area contributed by atoms with Gasteiger partial charge in [-0.25, -0.2) is 0 Å². The zero-order chi connectivity index (χ0) is 13.9. The van der Waals surface area contributed by atoms with E-state index < -0.39 is 0 Å². The van der Waals surface area contributed by atoms with Gasteiger partial charge in [-0.2, -0.15) is 0 Å². The van der Waals surface area contributed by atoms with Gasteiger partial charge in [0.2, 0.25) is 0 Å². The molecule has 2 aromatic heterocycles. The van der Waals surface area contributed by atoms with Crippen molar-refractivity contribution >= 4 is 10.9 Å². The molecule has 0 spiro atoms. The Morgan fingerprint density at radius 1 is 1.20 bits per heavy atom. The van der Waals surface area contributed by atoms with Crippen molar-refractivity contribution < 1.29 is 0 Å². The maximum Gasteiger partial charge on any atom is 0.0702 e. The van der Waals surface area contributed by atoms with Crippen molar-refractivity contribution in [3.63, 3.8) is 0 Å². The first-order valence-electron chi connectivity index (χ1n) is 6.94. The van der Waals surface area contributed by atoms with Gasteiger partial charge in [0.25, 0.3) is 0 Å². The second-order valence-corrected chi connectivity index (χ2v) is 5.10. The van der Waals surface area contributed by atoms with Crippen LogP contribution in [0.3, 0.4) is 0 Å². The second kappa shape index (κ2) is 5.47. The molecule has 0 saturated carbocycles. The van der Waals surface area contributed by atoms with Crippen molar-refractivity contribution in [3.05, 3.63) is 66.1 Å². The topological polar surface area (TPSA) is 29.9 Å². The minimum Gasteiger partial charge on any atom is -0.346 e. The fraction of sp³-hybridized carbons (Fsp3) is 0.235. The smallest absolute Gasteiger partial charge is 0.0702 e. The highest BCUT2D eigenvalue weighted by atomic mass is 15.0. The monoisotopic (exact) mass is 265 g/mol. The minimum atomic E-state index is 0.354. The molecule has 20 heavy (non-hydrogen) atoms. The first kappa shape index (κ1) is 12.9. The molecule has 3 rings (SSSR count). The van der Waals surface area contributed by atoms with Gasteiger partial charge < -0.3 is 9.88 Å². The molecule has 0 fully saturated rings. The van der Waals surface area contributed by atoms with E-state index in [1.165, 1.54) is 16.6 Å². The molecule has 1 aromatic carbocycles. The van der Waals surface area contributed by atoms with Crippen LogP contribution in [0.15, 0.2) is 54.9 Å². The Balaban J connectivity index is 1.91. The molecule has 1 unspecified atom stereocenters. The molecule has 3 nitrogen and oxygen atoms in total. The lowest BCUT2D eigenvalue weighted by Gasteiger charge is -2.15. The first-order chi connectivity index (χ1) is 9.78. The molecule has 0 radical (unpaired) electrons. The molecule has 0 aliphatic carbocycles. The molecule has 0 amide bonds. The largest absolute Gasteiger partial charge is 0.346 e. The third-order valence-corrected chi connectivity index (χ3v) is 3.76. The normalized spacial score (nSPS) is 12.7. The maximum atomic E-state index is 4.36. The highest BCUT2D eigenvalue weighted by molar-refractivity contribution is 5.78. The number of hydrogen-bond donors (Lipinski definition) is 1. The highest BCUT2D eigenvalue weighted by Crippen LogP contribution is 2.18. The molecule has 2 heterocycles. The molecular formula is C17H19N3. The van der Waals surface area contributed by atoms with E-state index in [2.05, 4.69) is 64.4 Å². The fourth-order valence-electron chi connectivity index (χ4n) is 2.53. The number of pyridine rings is 1. The van der Waals surface area contributed by atoms with Crippen molar-refractivity contribution in [2.45, 2.75) is 19.5 Å². The maximum absolute atomic E-state index is 4.36. The summed E-state index contributed by atoms with van der Waals surface area (Å²) in [6.45, 7) is 3.06. The van der Waals surface area contributed by atoms with Crippen molar-refractivity contribution in [1.29, 1.82) is 0 Å². The molecule has 0 aliphatic heterocycles. The Kier molecular flexibility index (Phi) is 3.52. The quantitative estimate of drug-likeness (QED) is 0.784. The first-order valence-corrected chi connectivity index (χ1v) is 6.94. The lowest BCUT2D eigenvalue weighted by Crippen LogP contribution is -2.16. The summed E-state index contributed by atoms with van der Waals surface area (Å²) in [5.41, 5.74) is 3.65. The summed E-state index contributed by atoms with van der Waals surface area (Å²) in [5, 5.41) is 4.49. The van der Waals surface area contributed by atoms with Crippen molar-refractivity contribution in [3.8, 4) is 0 Å². The van der Waals surface area contributed by atoms with Gasteiger partial charge in [0.05, 0.1) is 5.52 Å². The molecule has 0 aliphatic rings. The Morgan fingerprint density at radius 3 is 2.95 bits per heavy atom. The van der Waals surface area contributed by atoms with E-state index in [0.29, 0.717) is 6.04 Å². The van der Waals surface area contributed by atoms with E-state index in [0.717, 1.165) is 12.1 Å². The number of fused-ring (bicyclic) bond motifs is 1. The SMILES string of the molecule is CNC(C)c1cccn1Cc1ccc2ncccc2c1. The summed E-state index contributed by atoms with van der Waals surface area (Å²) >= 11 is 0. The highest BCUT2D eigenvalue weighted by Gasteiger charge is 2.08. The lowest BCUT2D eigenvalue weighted by atomic mass is 10.1. The minimum absolute atomic E-state index is 0.354. The third-order valence-electron chi connectivity index (χ3n) is 3.76. The van der Waals surface area contributed by atoms with Crippen LogP contribution in [0, 0.1) is 0 Å². The summed E-state index contributed by atoms with van der Waals surface area (Å²) in [5.74, 6) is 0. The number of nitrogens with zero attached hydrogens (tertiary/aromatic N) is 2. The Bertz CT molecular complexity index is 715. The molecule has 0 saturated heterocycles. The summed E-state index contributed by atoms with van der Waals surface area (Å²) in [7, 11) is 1.99. The number of hydrogen-bond acceptors (Lipinski definition) is 2. The number of benzene rings is 1. The summed E-state index contributed by atoms with van der Waals surface area (Å²) in [6.07, 6.45) is 3.97. The van der Waals surface area contributed by atoms with Crippen LogP contribution in [0.4, 0.5) is 0 Å². The van der Waals surface area contributed by atoms with Crippen molar-refractivity contribution in [2.24, 2.45) is 0 Å². The van der Waals surface area contributed by atoms with Crippen LogP contribution in [0.1, 0.15) is 24.2 Å². The Labute approximate surface area is 119 Å². The van der Waals surface area contributed by atoms with Gasteiger partial charge in [0, 0.05) is 36.1 Å². The predicted octanol–water partition coefficient (Wildman–Crippen LogP) is 3.37. The molecule has 1 atom stereocenters. The summed E-state index contributed by atoms with van der Waals surface area (Å²) in [6, 6.07) is 15.2. The van der Waals surface area contributed by atoms with Crippen molar-refractivity contribution in [1.82, 2.24) is 14.9 Å². The van der Waals surface area contributed by atoms with Gasteiger partial charge in [-0.15, -0.1) is 0 Å². The van der Waals surface area contributed by atoms with E-state index in [4.69, 9.17) is 0 Å². The van der Waals surface area contributed by atoms with Crippen molar-refractivity contribution in [2.75, 3.05) is 7.05 Å². The Morgan fingerprint density at radius 2 is 2.10 bits per heavy atom. The van der Waals surface area contributed by atoms with E-state index in [-0.39, 0.29) is 0 Å². The second-order valence-electron chi connectivity index (χ2n) is 5.10. The zero-order valence-corrected chi connectivity index (χ0v) is 11.9. The van der Waals surface area contributed by atoms with Crippen LogP contribution < -0.4 is 5.32 Å². The van der Waals surface area contributed by atoms with E-state index >= 15 is 0 Å². The van der Waals surface area contributed by atoms with E-state index in [9.17, 15) is 0 Å². The number of nitrogens with one attached hydrogen (secondary N) is 1. The fourth-order valence-corrected chi connectivity index (χ4v) is 2.53. The number of rotatable bonds is 4. The summed E-state index contributed by atoms with van der Waals surface area (Å²) < 4.78 is 2.29. The van der Waals surface area contributed by atoms with Crippen LogP contribution in [-0.2, 0) is 6.54 Å². The third kappa shape index (κ3) is 2.45. The van der Waals surface area contributed by atoms with Crippen LogP contribution in [0.2, 0.25) is 0 Å². The van der Waals surface area contributed by atoms with Crippen LogP contribution in [0.5, 0.6) is 0 Å². The van der Waals surface area contributed by atoms with Gasteiger partial charge in [-0.1, -0.05) is 12.1 Å². The molecular weight excluding hydrogens is 246 g/mol. The van der Waals surface area contributed by atoms with Gasteiger partial charge in [0.1, 0.15) is 0 Å². The van der Waals surface area contributed by atoms with Gasteiger partial charge in [0.15, 0.2) is 0 Å². The molecule has 3 heteroatoms. The van der Waals surface area contributed by atoms with E-state index in [1.54, 1.807) is 0 Å². The van der Waals surface area contributed by atoms with Gasteiger partial charge >= 0.3 is 0 Å². The van der Waals surface area contributed by atoms with E-state index in [1.807, 2.05) is 19.3 Å². The molecule has 3 aromatic rings. The van der Waals surface area contributed by atoms with Crippen LogP contribution >= 0.6 is 0 Å². The lowest BCUT2D eigenvalue weighted by molar-refractivity contribution is 0.589. The molecule has 102 valence electrons. The molecule has 0 bridgehead atoms.